The maximum absolute atomic E-state index is 15.6. The summed E-state index contributed by atoms with van der Waals surface area (Å²) >= 11 is 6.02. The number of aryl methyl sites for hydroxylation is 1. The fourth-order valence-electron chi connectivity index (χ4n) is 3.63. The second-order valence-corrected chi connectivity index (χ2v) is 9.23. The van der Waals surface area contributed by atoms with Gasteiger partial charge in [-0.1, -0.05) is 23.7 Å². The first-order chi connectivity index (χ1) is 15.7. The number of aromatic nitrogens is 3. The van der Waals surface area contributed by atoms with E-state index in [-0.39, 0.29) is 38.3 Å². The summed E-state index contributed by atoms with van der Waals surface area (Å²) in [6.45, 7) is -0.499. The third-order valence-corrected chi connectivity index (χ3v) is 6.67. The van der Waals surface area contributed by atoms with Gasteiger partial charge in [0.2, 0.25) is 0 Å². The average molecular weight is 492 g/mol. The standard InChI is InChI=1S/C21H19ClFN5O4S/c1-28-8-14(17-20(24)25-10-26-21(17)28)13-4-3-5-15(18(13)23)27-33(30,31)16-7-12(22)6-11(9-29)19(16)32-2/h3-8,10,27,29H,9H2,1-2H3,(H2,24,25,26). The number of sulfonamides is 1. The van der Waals surface area contributed by atoms with Crippen molar-refractivity contribution in [3.63, 3.8) is 0 Å². The van der Waals surface area contributed by atoms with E-state index in [0.29, 0.717) is 16.6 Å². The van der Waals surface area contributed by atoms with Gasteiger partial charge in [0.15, 0.2) is 5.82 Å². The zero-order valence-corrected chi connectivity index (χ0v) is 19.1. The third-order valence-electron chi connectivity index (χ3n) is 5.08. The number of aliphatic hydroxyl groups excluding tert-OH is 1. The molecule has 0 atom stereocenters. The minimum absolute atomic E-state index is 0.0701. The van der Waals surface area contributed by atoms with Crippen LogP contribution in [0, 0.1) is 5.82 Å². The first-order valence-corrected chi connectivity index (χ1v) is 11.4. The lowest BCUT2D eigenvalue weighted by Crippen LogP contribution is -2.16. The second-order valence-electron chi connectivity index (χ2n) is 7.14. The first kappa shape index (κ1) is 22.8. The minimum Gasteiger partial charge on any atom is -0.495 e. The summed E-state index contributed by atoms with van der Waals surface area (Å²) in [6.07, 6.45) is 2.95. The topological polar surface area (TPSA) is 132 Å². The predicted octanol–water partition coefficient (Wildman–Crippen LogP) is 3.31. The van der Waals surface area contributed by atoms with Crippen molar-refractivity contribution in [2.24, 2.45) is 7.05 Å². The van der Waals surface area contributed by atoms with Gasteiger partial charge in [-0.05, 0) is 18.2 Å². The Morgan fingerprint density at radius 2 is 2.03 bits per heavy atom. The van der Waals surface area contributed by atoms with Gasteiger partial charge < -0.3 is 20.1 Å². The van der Waals surface area contributed by atoms with Crippen LogP contribution in [-0.4, -0.2) is 35.2 Å². The fraction of sp³-hybridized carbons (Fsp3) is 0.143. The van der Waals surface area contributed by atoms with E-state index in [0.717, 1.165) is 6.07 Å². The third kappa shape index (κ3) is 3.94. The van der Waals surface area contributed by atoms with Gasteiger partial charge in [-0.2, -0.15) is 0 Å². The molecule has 0 aliphatic rings. The Morgan fingerprint density at radius 1 is 1.27 bits per heavy atom. The highest BCUT2D eigenvalue weighted by molar-refractivity contribution is 7.92. The number of methoxy groups -OCH3 is 1. The van der Waals surface area contributed by atoms with E-state index in [1.54, 1.807) is 17.8 Å². The van der Waals surface area contributed by atoms with Crippen LogP contribution in [0.25, 0.3) is 22.2 Å². The molecule has 4 aromatic rings. The smallest absolute Gasteiger partial charge is 0.265 e. The number of benzene rings is 2. The van der Waals surface area contributed by atoms with Gasteiger partial charge in [0.1, 0.15) is 28.4 Å². The number of ether oxygens (including phenoxy) is 1. The van der Waals surface area contributed by atoms with Crippen LogP contribution in [0.5, 0.6) is 5.75 Å². The quantitative estimate of drug-likeness (QED) is 0.377. The molecule has 0 bridgehead atoms. The molecule has 0 spiro atoms. The highest BCUT2D eigenvalue weighted by Crippen LogP contribution is 2.37. The van der Waals surface area contributed by atoms with Gasteiger partial charge >= 0.3 is 0 Å². The van der Waals surface area contributed by atoms with Crippen molar-refractivity contribution < 1.29 is 22.7 Å². The van der Waals surface area contributed by atoms with Crippen LogP contribution in [0.1, 0.15) is 5.56 Å². The minimum atomic E-state index is -4.34. The molecular formula is C21H19ClFN5O4S. The number of anilines is 2. The van der Waals surface area contributed by atoms with Gasteiger partial charge in [0.05, 0.1) is 24.8 Å². The van der Waals surface area contributed by atoms with Crippen LogP contribution >= 0.6 is 11.6 Å². The van der Waals surface area contributed by atoms with Crippen LogP contribution in [0.15, 0.2) is 47.8 Å². The average Bonchev–Trinajstić information content (AvgIpc) is 3.12. The summed E-state index contributed by atoms with van der Waals surface area (Å²) in [5.41, 5.74) is 6.90. The lowest BCUT2D eigenvalue weighted by molar-refractivity contribution is 0.272. The molecule has 0 saturated heterocycles. The first-order valence-electron chi connectivity index (χ1n) is 9.52. The lowest BCUT2D eigenvalue weighted by atomic mass is 10.0. The van der Waals surface area contributed by atoms with E-state index in [1.165, 1.54) is 37.7 Å². The number of aliphatic hydroxyl groups is 1. The van der Waals surface area contributed by atoms with Gasteiger partial charge in [0, 0.05) is 35.0 Å². The molecule has 0 unspecified atom stereocenters. The lowest BCUT2D eigenvalue weighted by Gasteiger charge is -2.16. The van der Waals surface area contributed by atoms with Crippen LogP contribution in [-0.2, 0) is 23.7 Å². The number of nitrogen functional groups attached to an aromatic ring is 1. The van der Waals surface area contributed by atoms with Crippen molar-refractivity contribution >= 4 is 44.2 Å². The molecule has 0 radical (unpaired) electrons. The molecule has 0 aliphatic carbocycles. The summed E-state index contributed by atoms with van der Waals surface area (Å²) in [7, 11) is -1.35. The van der Waals surface area contributed by atoms with Crippen molar-refractivity contribution in [1.29, 1.82) is 0 Å². The summed E-state index contributed by atoms with van der Waals surface area (Å²) in [6, 6.07) is 6.83. The maximum Gasteiger partial charge on any atom is 0.265 e. The van der Waals surface area contributed by atoms with Crippen molar-refractivity contribution in [1.82, 2.24) is 14.5 Å². The van der Waals surface area contributed by atoms with Crippen LogP contribution in [0.4, 0.5) is 15.9 Å². The summed E-state index contributed by atoms with van der Waals surface area (Å²) in [4.78, 5) is 7.81. The van der Waals surface area contributed by atoms with E-state index < -0.39 is 22.4 Å². The second kappa shape index (κ2) is 8.50. The molecule has 2 aromatic heterocycles. The van der Waals surface area contributed by atoms with Crippen molar-refractivity contribution in [3.8, 4) is 16.9 Å². The van der Waals surface area contributed by atoms with E-state index in [2.05, 4.69) is 14.7 Å². The van der Waals surface area contributed by atoms with Gasteiger partial charge in [-0.15, -0.1) is 0 Å². The number of rotatable bonds is 6. The fourth-order valence-corrected chi connectivity index (χ4v) is 5.23. The van der Waals surface area contributed by atoms with E-state index >= 15 is 4.39 Å². The molecule has 12 heteroatoms. The maximum atomic E-state index is 15.6. The molecule has 0 fully saturated rings. The number of nitrogens with two attached hydrogens (primary N) is 1. The van der Waals surface area contributed by atoms with Crippen molar-refractivity contribution in [2.75, 3.05) is 17.6 Å². The van der Waals surface area contributed by atoms with Gasteiger partial charge in [0.25, 0.3) is 10.0 Å². The number of fused-ring (bicyclic) bond motifs is 1. The normalized spacial score (nSPS) is 11.7. The Balaban J connectivity index is 1.83. The highest BCUT2D eigenvalue weighted by atomic mass is 35.5. The molecule has 4 rings (SSSR count). The summed E-state index contributed by atoms with van der Waals surface area (Å²) in [5, 5.41) is 10.1. The molecule has 172 valence electrons. The van der Waals surface area contributed by atoms with Gasteiger partial charge in [-0.3, -0.25) is 4.72 Å². The Kier molecular flexibility index (Phi) is 5.87. The molecule has 4 N–H and O–H groups in total. The van der Waals surface area contributed by atoms with Crippen LogP contribution in [0.2, 0.25) is 5.02 Å². The number of nitrogens with one attached hydrogen (secondary N) is 1. The molecule has 0 aliphatic heterocycles. The van der Waals surface area contributed by atoms with Crippen molar-refractivity contribution in [3.05, 3.63) is 59.3 Å². The number of nitrogens with zero attached hydrogens (tertiary/aromatic N) is 3. The van der Waals surface area contributed by atoms with Crippen LogP contribution in [0.3, 0.4) is 0 Å². The Hall–Kier alpha value is -3.41. The summed E-state index contributed by atoms with van der Waals surface area (Å²) in [5.74, 6) is -0.744. The molecule has 33 heavy (non-hydrogen) atoms. The molecule has 2 heterocycles. The number of hydrogen-bond acceptors (Lipinski definition) is 7. The molecule has 0 saturated carbocycles. The van der Waals surface area contributed by atoms with E-state index in [1.807, 2.05) is 0 Å². The number of hydrogen-bond donors (Lipinski definition) is 3. The molecule has 2 aromatic carbocycles. The monoisotopic (exact) mass is 491 g/mol. The zero-order valence-electron chi connectivity index (χ0n) is 17.5. The van der Waals surface area contributed by atoms with Crippen molar-refractivity contribution in [2.45, 2.75) is 11.5 Å². The Labute approximate surface area is 193 Å². The van der Waals surface area contributed by atoms with Gasteiger partial charge in [-0.25, -0.2) is 22.8 Å². The highest BCUT2D eigenvalue weighted by Gasteiger charge is 2.25. The zero-order chi connectivity index (χ0) is 23.9. The van der Waals surface area contributed by atoms with Crippen LogP contribution < -0.4 is 15.2 Å². The Bertz CT molecular complexity index is 1490. The SMILES string of the molecule is COc1c(CO)cc(Cl)cc1S(=O)(=O)Nc1cccc(-c2cn(C)c3ncnc(N)c23)c1F. The summed E-state index contributed by atoms with van der Waals surface area (Å²) < 4.78 is 50.9. The largest absolute Gasteiger partial charge is 0.495 e. The molecule has 0 amide bonds. The molecular weight excluding hydrogens is 473 g/mol. The Morgan fingerprint density at radius 3 is 2.73 bits per heavy atom. The number of halogens is 2. The predicted molar refractivity (Wildman–Crippen MR) is 123 cm³/mol. The van der Waals surface area contributed by atoms with E-state index in [9.17, 15) is 13.5 Å². The van der Waals surface area contributed by atoms with E-state index in [4.69, 9.17) is 22.1 Å². The molecule has 9 nitrogen and oxygen atoms in total.